The molecular formula is C16H24Cl2N2. The van der Waals surface area contributed by atoms with Crippen molar-refractivity contribution in [2.75, 3.05) is 6.54 Å². The summed E-state index contributed by atoms with van der Waals surface area (Å²) in [6.45, 7) is 5.29. The number of hydrogen-bond acceptors (Lipinski definition) is 2. The second-order valence-electron chi connectivity index (χ2n) is 4.95. The fourth-order valence-corrected chi connectivity index (χ4v) is 2.63. The lowest BCUT2D eigenvalue weighted by Gasteiger charge is -2.13. The van der Waals surface area contributed by atoms with Gasteiger partial charge >= 0.3 is 0 Å². The molecule has 0 fully saturated rings. The molecule has 0 heterocycles. The van der Waals surface area contributed by atoms with Gasteiger partial charge in [0.15, 0.2) is 0 Å². The quantitative estimate of drug-likeness (QED) is 0.356. The lowest BCUT2D eigenvalue weighted by molar-refractivity contribution is 0.636. The molecule has 0 aromatic heterocycles. The Morgan fingerprint density at radius 2 is 2.00 bits per heavy atom. The molecule has 0 aliphatic rings. The van der Waals surface area contributed by atoms with Crippen molar-refractivity contribution in [3.05, 3.63) is 33.8 Å². The maximum Gasteiger partial charge on any atom is 0.0459 e. The summed E-state index contributed by atoms with van der Waals surface area (Å²) in [6.07, 6.45) is 7.71. The van der Waals surface area contributed by atoms with Crippen LogP contribution in [-0.4, -0.2) is 12.8 Å². The normalized spacial score (nSPS) is 12.8. The Bertz CT molecular complexity index is 419. The highest BCUT2D eigenvalue weighted by Gasteiger charge is 2.12. The first kappa shape index (κ1) is 17.3. The summed E-state index contributed by atoms with van der Waals surface area (Å²) >= 11 is 12.2. The van der Waals surface area contributed by atoms with Gasteiger partial charge in [-0.3, -0.25) is 0 Å². The Balaban J connectivity index is 2.61. The standard InChI is InChI=1S/C16H24Cl2N2/c1-3-5-6-10-19-20-12-13(7-4-2)15-9-8-14(17)11-16(15)18/h8-9,11-13,19H,3-7,10H2,1-2H3/b20-12+. The van der Waals surface area contributed by atoms with E-state index in [9.17, 15) is 0 Å². The topological polar surface area (TPSA) is 24.4 Å². The van der Waals surface area contributed by atoms with E-state index in [0.29, 0.717) is 10.0 Å². The number of hydrogen-bond donors (Lipinski definition) is 1. The van der Waals surface area contributed by atoms with Crippen LogP contribution in [0.2, 0.25) is 10.0 Å². The highest BCUT2D eigenvalue weighted by molar-refractivity contribution is 6.35. The van der Waals surface area contributed by atoms with E-state index >= 15 is 0 Å². The molecule has 112 valence electrons. The summed E-state index contributed by atoms with van der Waals surface area (Å²) in [4.78, 5) is 0. The van der Waals surface area contributed by atoms with Crippen LogP contribution in [-0.2, 0) is 0 Å². The minimum atomic E-state index is 0.239. The predicted molar refractivity (Wildman–Crippen MR) is 90.1 cm³/mol. The van der Waals surface area contributed by atoms with Crippen LogP contribution < -0.4 is 5.43 Å². The van der Waals surface area contributed by atoms with Crippen molar-refractivity contribution in [2.45, 2.75) is 51.9 Å². The summed E-state index contributed by atoms with van der Waals surface area (Å²) in [5.41, 5.74) is 4.20. The minimum absolute atomic E-state index is 0.239. The van der Waals surface area contributed by atoms with Crippen molar-refractivity contribution in [2.24, 2.45) is 5.10 Å². The Labute approximate surface area is 132 Å². The van der Waals surface area contributed by atoms with Gasteiger partial charge in [0, 0.05) is 28.7 Å². The third-order valence-corrected chi connectivity index (χ3v) is 3.76. The minimum Gasteiger partial charge on any atom is -0.310 e. The van der Waals surface area contributed by atoms with Crippen LogP contribution in [0.25, 0.3) is 0 Å². The average Bonchev–Trinajstić information content (AvgIpc) is 2.42. The van der Waals surface area contributed by atoms with Crippen LogP contribution in [0.4, 0.5) is 0 Å². The molecule has 1 unspecified atom stereocenters. The molecule has 1 aromatic rings. The Kier molecular flexibility index (Phi) is 8.72. The van der Waals surface area contributed by atoms with E-state index in [4.69, 9.17) is 23.2 Å². The summed E-state index contributed by atoms with van der Waals surface area (Å²) in [7, 11) is 0. The third-order valence-electron chi connectivity index (χ3n) is 3.20. The van der Waals surface area contributed by atoms with Gasteiger partial charge in [0.1, 0.15) is 0 Å². The molecule has 1 atom stereocenters. The number of unbranched alkanes of at least 4 members (excludes halogenated alkanes) is 2. The van der Waals surface area contributed by atoms with Crippen LogP contribution in [0, 0.1) is 0 Å². The van der Waals surface area contributed by atoms with E-state index in [1.807, 2.05) is 18.3 Å². The summed E-state index contributed by atoms with van der Waals surface area (Å²) in [5, 5.41) is 5.72. The number of nitrogens with one attached hydrogen (secondary N) is 1. The second kappa shape index (κ2) is 10.1. The summed E-state index contributed by atoms with van der Waals surface area (Å²) < 4.78 is 0. The first-order chi connectivity index (χ1) is 9.69. The van der Waals surface area contributed by atoms with Crippen molar-refractivity contribution in [1.82, 2.24) is 5.43 Å². The SMILES string of the molecule is CCCCCN/N=C/C(CCC)c1ccc(Cl)cc1Cl. The molecule has 4 heteroatoms. The molecule has 0 saturated heterocycles. The largest absolute Gasteiger partial charge is 0.310 e. The van der Waals surface area contributed by atoms with Gasteiger partial charge in [0.2, 0.25) is 0 Å². The maximum absolute atomic E-state index is 6.27. The molecule has 0 aliphatic heterocycles. The molecule has 0 spiro atoms. The van der Waals surface area contributed by atoms with Gasteiger partial charge in [-0.2, -0.15) is 5.10 Å². The molecule has 0 amide bonds. The van der Waals surface area contributed by atoms with Crippen LogP contribution in [0.1, 0.15) is 57.4 Å². The summed E-state index contributed by atoms with van der Waals surface area (Å²) in [5.74, 6) is 0.239. The Morgan fingerprint density at radius 3 is 2.65 bits per heavy atom. The van der Waals surface area contributed by atoms with Gasteiger partial charge in [-0.15, -0.1) is 0 Å². The Hall–Kier alpha value is -0.730. The van der Waals surface area contributed by atoms with Gasteiger partial charge in [-0.25, -0.2) is 0 Å². The highest BCUT2D eigenvalue weighted by Crippen LogP contribution is 2.29. The average molecular weight is 315 g/mol. The van der Waals surface area contributed by atoms with Gasteiger partial charge in [-0.1, -0.05) is 62.4 Å². The fraction of sp³-hybridized carbons (Fsp3) is 0.562. The zero-order valence-corrected chi connectivity index (χ0v) is 13.8. The smallest absolute Gasteiger partial charge is 0.0459 e. The molecule has 0 bridgehead atoms. The van der Waals surface area contributed by atoms with Gasteiger partial charge in [0.25, 0.3) is 0 Å². The molecule has 0 aliphatic carbocycles. The number of rotatable bonds is 9. The van der Waals surface area contributed by atoms with E-state index in [0.717, 1.165) is 31.4 Å². The van der Waals surface area contributed by atoms with Crippen LogP contribution in [0.15, 0.2) is 23.3 Å². The van der Waals surface area contributed by atoms with Crippen molar-refractivity contribution in [1.29, 1.82) is 0 Å². The molecule has 1 aromatic carbocycles. The maximum atomic E-state index is 6.27. The van der Waals surface area contributed by atoms with Gasteiger partial charge in [0.05, 0.1) is 0 Å². The van der Waals surface area contributed by atoms with Crippen LogP contribution in [0.5, 0.6) is 0 Å². The number of halogens is 2. The van der Waals surface area contributed by atoms with Crippen LogP contribution in [0.3, 0.4) is 0 Å². The fourth-order valence-electron chi connectivity index (χ4n) is 2.08. The molecular weight excluding hydrogens is 291 g/mol. The van der Waals surface area contributed by atoms with Crippen molar-refractivity contribution in [3.63, 3.8) is 0 Å². The molecule has 0 radical (unpaired) electrons. The van der Waals surface area contributed by atoms with Gasteiger partial charge in [-0.05, 0) is 30.5 Å². The van der Waals surface area contributed by atoms with E-state index in [2.05, 4.69) is 24.4 Å². The first-order valence-electron chi connectivity index (χ1n) is 7.40. The highest BCUT2D eigenvalue weighted by atomic mass is 35.5. The third kappa shape index (κ3) is 6.15. The van der Waals surface area contributed by atoms with E-state index in [1.54, 1.807) is 6.07 Å². The molecule has 20 heavy (non-hydrogen) atoms. The number of benzene rings is 1. The van der Waals surface area contributed by atoms with Crippen LogP contribution >= 0.6 is 23.2 Å². The van der Waals surface area contributed by atoms with Crippen molar-refractivity contribution >= 4 is 29.4 Å². The zero-order valence-electron chi connectivity index (χ0n) is 12.3. The molecule has 0 saturated carbocycles. The Morgan fingerprint density at radius 1 is 1.20 bits per heavy atom. The van der Waals surface area contributed by atoms with Crippen molar-refractivity contribution in [3.8, 4) is 0 Å². The van der Waals surface area contributed by atoms with E-state index < -0.39 is 0 Å². The number of hydrazone groups is 1. The lowest BCUT2D eigenvalue weighted by Crippen LogP contribution is -2.10. The zero-order chi connectivity index (χ0) is 14.8. The van der Waals surface area contributed by atoms with E-state index in [-0.39, 0.29) is 5.92 Å². The second-order valence-corrected chi connectivity index (χ2v) is 5.80. The summed E-state index contributed by atoms with van der Waals surface area (Å²) in [6, 6.07) is 5.67. The monoisotopic (exact) mass is 314 g/mol. The van der Waals surface area contributed by atoms with E-state index in [1.165, 1.54) is 12.8 Å². The molecule has 1 rings (SSSR count). The lowest BCUT2D eigenvalue weighted by atomic mass is 9.96. The predicted octanol–water partition coefficient (Wildman–Crippen LogP) is 5.64. The van der Waals surface area contributed by atoms with Crippen molar-refractivity contribution < 1.29 is 0 Å². The molecule has 1 N–H and O–H groups in total. The number of nitrogens with zero attached hydrogens (tertiary/aromatic N) is 1. The molecule has 2 nitrogen and oxygen atoms in total. The first-order valence-corrected chi connectivity index (χ1v) is 8.15. The van der Waals surface area contributed by atoms with Gasteiger partial charge < -0.3 is 5.43 Å².